The maximum Gasteiger partial charge on any atom is 0.0548 e. The average Bonchev–Trinajstić information content (AvgIpc) is 2.43. The second kappa shape index (κ2) is 7.35. The van der Waals surface area contributed by atoms with E-state index in [0.717, 1.165) is 16.5 Å². The number of halogens is 1. The van der Waals surface area contributed by atoms with Crippen LogP contribution in [0.1, 0.15) is 30.5 Å². The number of hydrogen-bond donors (Lipinski definition) is 1. The van der Waals surface area contributed by atoms with Gasteiger partial charge in [0.15, 0.2) is 0 Å². The van der Waals surface area contributed by atoms with E-state index in [-0.39, 0.29) is 0 Å². The van der Waals surface area contributed by atoms with Crippen molar-refractivity contribution in [3.63, 3.8) is 0 Å². The second-order valence-corrected chi connectivity index (χ2v) is 7.09. The van der Waals surface area contributed by atoms with Gasteiger partial charge in [0.1, 0.15) is 0 Å². The zero-order valence-electron chi connectivity index (χ0n) is 13.0. The highest BCUT2D eigenvalue weighted by molar-refractivity contribution is 7.99. The fourth-order valence-corrected chi connectivity index (χ4v) is 3.49. The molecule has 0 aliphatic carbocycles. The summed E-state index contributed by atoms with van der Waals surface area (Å²) < 4.78 is 0. The standard InChI is InChI=1S/C18H22ClNS/c1-12(2)20-11-15-6-5-7-16(19)18(15)21-17-10-13(3)8-9-14(17)4/h5-10,12,20H,11H2,1-4H3. The smallest absolute Gasteiger partial charge is 0.0548 e. The van der Waals surface area contributed by atoms with Crippen LogP contribution in [0, 0.1) is 13.8 Å². The van der Waals surface area contributed by atoms with Crippen molar-refractivity contribution in [1.29, 1.82) is 0 Å². The van der Waals surface area contributed by atoms with Crippen LogP contribution in [0.15, 0.2) is 46.2 Å². The van der Waals surface area contributed by atoms with E-state index in [1.165, 1.54) is 21.6 Å². The summed E-state index contributed by atoms with van der Waals surface area (Å²) >= 11 is 8.20. The predicted molar refractivity (Wildman–Crippen MR) is 93.5 cm³/mol. The van der Waals surface area contributed by atoms with Gasteiger partial charge in [-0.3, -0.25) is 0 Å². The number of hydrogen-bond acceptors (Lipinski definition) is 2. The van der Waals surface area contributed by atoms with Crippen molar-refractivity contribution >= 4 is 23.4 Å². The van der Waals surface area contributed by atoms with E-state index in [9.17, 15) is 0 Å². The Morgan fingerprint density at radius 2 is 1.90 bits per heavy atom. The summed E-state index contributed by atoms with van der Waals surface area (Å²) in [5.41, 5.74) is 3.81. The number of benzene rings is 2. The molecule has 1 N–H and O–H groups in total. The molecule has 0 aliphatic rings. The minimum atomic E-state index is 0.461. The Morgan fingerprint density at radius 3 is 2.62 bits per heavy atom. The van der Waals surface area contributed by atoms with Gasteiger partial charge in [-0.15, -0.1) is 0 Å². The summed E-state index contributed by atoms with van der Waals surface area (Å²) in [5, 5.41) is 4.29. The lowest BCUT2D eigenvalue weighted by molar-refractivity contribution is 0.585. The zero-order chi connectivity index (χ0) is 15.4. The molecule has 2 rings (SSSR count). The van der Waals surface area contributed by atoms with Gasteiger partial charge in [-0.25, -0.2) is 0 Å². The number of nitrogens with one attached hydrogen (secondary N) is 1. The predicted octanol–water partition coefficient (Wildman–Crippen LogP) is 5.61. The molecule has 0 amide bonds. The highest BCUT2D eigenvalue weighted by atomic mass is 35.5. The van der Waals surface area contributed by atoms with Crippen LogP contribution in [-0.4, -0.2) is 6.04 Å². The SMILES string of the molecule is Cc1ccc(C)c(Sc2c(Cl)cccc2CNC(C)C)c1. The molecule has 21 heavy (non-hydrogen) atoms. The van der Waals surface area contributed by atoms with Gasteiger partial charge in [-0.1, -0.05) is 61.5 Å². The summed E-state index contributed by atoms with van der Waals surface area (Å²) in [7, 11) is 0. The molecule has 0 radical (unpaired) electrons. The molecular weight excluding hydrogens is 298 g/mol. The van der Waals surface area contributed by atoms with Gasteiger partial charge < -0.3 is 5.32 Å². The van der Waals surface area contributed by atoms with Crippen molar-refractivity contribution in [1.82, 2.24) is 5.32 Å². The van der Waals surface area contributed by atoms with Gasteiger partial charge in [0.25, 0.3) is 0 Å². The summed E-state index contributed by atoms with van der Waals surface area (Å²) in [6.07, 6.45) is 0. The lowest BCUT2D eigenvalue weighted by Crippen LogP contribution is -2.22. The van der Waals surface area contributed by atoms with Crippen molar-refractivity contribution in [2.45, 2.75) is 50.1 Å². The molecule has 2 aromatic rings. The minimum absolute atomic E-state index is 0.461. The summed E-state index contributed by atoms with van der Waals surface area (Å²) in [4.78, 5) is 2.43. The third kappa shape index (κ3) is 4.50. The maximum absolute atomic E-state index is 6.44. The van der Waals surface area contributed by atoms with Crippen LogP contribution in [0.25, 0.3) is 0 Å². The van der Waals surface area contributed by atoms with Gasteiger partial charge >= 0.3 is 0 Å². The van der Waals surface area contributed by atoms with Gasteiger partial charge in [0.05, 0.1) is 5.02 Å². The zero-order valence-corrected chi connectivity index (χ0v) is 14.6. The Hall–Kier alpha value is -0.960. The molecule has 3 heteroatoms. The van der Waals surface area contributed by atoms with Crippen molar-refractivity contribution in [3.05, 3.63) is 58.1 Å². The lowest BCUT2D eigenvalue weighted by Gasteiger charge is -2.15. The first-order chi connectivity index (χ1) is 9.97. The summed E-state index contributed by atoms with van der Waals surface area (Å²) in [5.74, 6) is 0. The number of aryl methyl sites for hydroxylation is 2. The molecule has 112 valence electrons. The van der Waals surface area contributed by atoms with Gasteiger partial charge in [0.2, 0.25) is 0 Å². The largest absolute Gasteiger partial charge is 0.310 e. The second-order valence-electron chi connectivity index (χ2n) is 5.63. The van der Waals surface area contributed by atoms with E-state index in [4.69, 9.17) is 11.6 Å². The first-order valence-electron chi connectivity index (χ1n) is 7.23. The van der Waals surface area contributed by atoms with E-state index < -0.39 is 0 Å². The highest BCUT2D eigenvalue weighted by Gasteiger charge is 2.11. The fraction of sp³-hybridized carbons (Fsp3) is 0.333. The molecule has 0 spiro atoms. The molecule has 0 saturated heterocycles. The van der Waals surface area contributed by atoms with E-state index in [0.29, 0.717) is 6.04 Å². The van der Waals surface area contributed by atoms with Crippen LogP contribution in [0.2, 0.25) is 5.02 Å². The van der Waals surface area contributed by atoms with Crippen LogP contribution in [0.4, 0.5) is 0 Å². The third-order valence-electron chi connectivity index (χ3n) is 3.30. The minimum Gasteiger partial charge on any atom is -0.310 e. The van der Waals surface area contributed by atoms with Gasteiger partial charge in [-0.2, -0.15) is 0 Å². The third-order valence-corrected chi connectivity index (χ3v) is 5.08. The average molecular weight is 320 g/mol. The Labute approximate surface area is 137 Å². The van der Waals surface area contributed by atoms with E-state index >= 15 is 0 Å². The highest BCUT2D eigenvalue weighted by Crippen LogP contribution is 2.37. The van der Waals surface area contributed by atoms with Crippen molar-refractivity contribution < 1.29 is 0 Å². The van der Waals surface area contributed by atoms with Crippen LogP contribution in [-0.2, 0) is 6.54 Å². The topological polar surface area (TPSA) is 12.0 Å². The lowest BCUT2D eigenvalue weighted by atomic mass is 10.2. The quantitative estimate of drug-likeness (QED) is 0.769. The molecule has 0 atom stereocenters. The van der Waals surface area contributed by atoms with Crippen LogP contribution >= 0.6 is 23.4 Å². The summed E-state index contributed by atoms with van der Waals surface area (Å²) in [6, 6.07) is 13.1. The molecule has 0 aliphatic heterocycles. The van der Waals surface area contributed by atoms with Crippen molar-refractivity contribution in [2.75, 3.05) is 0 Å². The van der Waals surface area contributed by atoms with Crippen molar-refractivity contribution in [2.24, 2.45) is 0 Å². The molecule has 0 bridgehead atoms. The molecule has 0 heterocycles. The molecule has 0 aromatic heterocycles. The molecule has 0 unspecified atom stereocenters. The Balaban J connectivity index is 2.32. The van der Waals surface area contributed by atoms with Crippen LogP contribution in [0.3, 0.4) is 0 Å². The molecule has 2 aromatic carbocycles. The number of rotatable bonds is 5. The van der Waals surface area contributed by atoms with E-state index in [2.05, 4.69) is 57.3 Å². The Bertz CT molecular complexity index is 623. The molecule has 0 fully saturated rings. The summed E-state index contributed by atoms with van der Waals surface area (Å²) in [6.45, 7) is 9.41. The first kappa shape index (κ1) is 16.4. The molecular formula is C18H22ClNS. The first-order valence-corrected chi connectivity index (χ1v) is 8.42. The normalized spacial score (nSPS) is 11.1. The van der Waals surface area contributed by atoms with E-state index in [1.54, 1.807) is 11.8 Å². The molecule has 1 nitrogen and oxygen atoms in total. The maximum atomic E-state index is 6.44. The molecule has 0 saturated carbocycles. The van der Waals surface area contributed by atoms with Gasteiger partial charge in [-0.05, 0) is 42.7 Å². The Morgan fingerprint density at radius 1 is 1.14 bits per heavy atom. The van der Waals surface area contributed by atoms with Crippen LogP contribution < -0.4 is 5.32 Å². The Kier molecular flexibility index (Phi) is 5.74. The van der Waals surface area contributed by atoms with Gasteiger partial charge in [0, 0.05) is 22.4 Å². The van der Waals surface area contributed by atoms with Crippen LogP contribution in [0.5, 0.6) is 0 Å². The van der Waals surface area contributed by atoms with E-state index in [1.807, 2.05) is 12.1 Å². The monoisotopic (exact) mass is 319 g/mol. The van der Waals surface area contributed by atoms with Crippen molar-refractivity contribution in [3.8, 4) is 0 Å². The fourth-order valence-electron chi connectivity index (χ4n) is 2.05.